The highest BCUT2D eigenvalue weighted by Gasteiger charge is 2.28. The van der Waals surface area contributed by atoms with Crippen molar-refractivity contribution in [2.24, 2.45) is 0 Å². The number of nitrogens with zero attached hydrogens (tertiary/aromatic N) is 3. The minimum absolute atomic E-state index is 0.182. The van der Waals surface area contributed by atoms with Gasteiger partial charge in [0.15, 0.2) is 0 Å². The van der Waals surface area contributed by atoms with Crippen LogP contribution in [0.1, 0.15) is 21.0 Å². The van der Waals surface area contributed by atoms with Gasteiger partial charge < -0.3 is 14.3 Å². The number of aryl methyl sites for hydroxylation is 1. The second kappa shape index (κ2) is 6.86. The van der Waals surface area contributed by atoms with Gasteiger partial charge in [-0.2, -0.15) is 0 Å². The summed E-state index contributed by atoms with van der Waals surface area (Å²) >= 11 is 7.56. The van der Waals surface area contributed by atoms with Gasteiger partial charge in [-0.05, 0) is 19.1 Å². The van der Waals surface area contributed by atoms with Crippen LogP contribution in [0, 0.1) is 6.92 Å². The molecule has 4 heterocycles. The Balaban J connectivity index is 1.49. The molecule has 0 aromatic carbocycles. The lowest BCUT2D eigenvalue weighted by Crippen LogP contribution is -2.48. The van der Waals surface area contributed by atoms with Gasteiger partial charge in [0.05, 0.1) is 16.2 Å². The number of H-pyrrole nitrogens is 1. The van der Waals surface area contributed by atoms with E-state index in [-0.39, 0.29) is 22.6 Å². The van der Waals surface area contributed by atoms with E-state index in [1.54, 1.807) is 23.2 Å². The number of furan rings is 1. The first-order valence-electron chi connectivity index (χ1n) is 8.25. The second-order valence-corrected chi connectivity index (χ2v) is 8.02. The Morgan fingerprint density at radius 3 is 2.81 bits per heavy atom. The number of hydrogen-bond acceptors (Lipinski definition) is 6. The normalized spacial score (nSPS) is 15.7. The highest BCUT2D eigenvalue weighted by molar-refractivity contribution is 7.16. The number of aromatic amines is 1. The molecule has 26 heavy (non-hydrogen) atoms. The molecule has 0 unspecified atom stereocenters. The third-order valence-corrected chi connectivity index (χ3v) is 5.77. The highest BCUT2D eigenvalue weighted by Crippen LogP contribution is 2.25. The molecule has 1 aliphatic heterocycles. The number of piperazine rings is 1. The van der Waals surface area contributed by atoms with E-state index in [0.717, 1.165) is 24.0 Å². The zero-order valence-corrected chi connectivity index (χ0v) is 15.7. The molecule has 1 amide bonds. The summed E-state index contributed by atoms with van der Waals surface area (Å²) in [5.74, 6) is 0.239. The third kappa shape index (κ3) is 3.15. The van der Waals surface area contributed by atoms with Gasteiger partial charge in [0.2, 0.25) is 5.71 Å². The molecule has 0 saturated carbocycles. The number of halogens is 1. The van der Waals surface area contributed by atoms with E-state index in [0.29, 0.717) is 24.4 Å². The SMILES string of the molecule is Cc1oc2nc[nH]c(=O)c2c1C(=O)N1CCN(Cc2ccc(Cl)s2)CC1. The summed E-state index contributed by atoms with van der Waals surface area (Å²) in [5, 5.41) is 0.227. The Kier molecular flexibility index (Phi) is 4.56. The van der Waals surface area contributed by atoms with Gasteiger partial charge >= 0.3 is 0 Å². The summed E-state index contributed by atoms with van der Waals surface area (Å²) in [6.07, 6.45) is 1.28. The lowest BCUT2D eigenvalue weighted by molar-refractivity contribution is 0.0629. The molecular formula is C17H17ClN4O3S. The molecule has 0 radical (unpaired) electrons. The largest absolute Gasteiger partial charge is 0.442 e. The van der Waals surface area contributed by atoms with Crippen LogP contribution in [0.4, 0.5) is 0 Å². The maximum atomic E-state index is 13.0. The smallest absolute Gasteiger partial charge is 0.262 e. The van der Waals surface area contributed by atoms with Gasteiger partial charge in [0.25, 0.3) is 11.5 Å². The van der Waals surface area contributed by atoms with Crippen LogP contribution in [0.5, 0.6) is 0 Å². The van der Waals surface area contributed by atoms with E-state index in [1.807, 2.05) is 12.1 Å². The predicted molar refractivity (Wildman–Crippen MR) is 99.9 cm³/mol. The molecule has 0 atom stereocenters. The van der Waals surface area contributed by atoms with Gasteiger partial charge in [-0.15, -0.1) is 11.3 Å². The number of aromatic nitrogens is 2. The molecule has 0 aliphatic carbocycles. The first-order valence-corrected chi connectivity index (χ1v) is 9.45. The van der Waals surface area contributed by atoms with Gasteiger partial charge in [0, 0.05) is 37.6 Å². The summed E-state index contributed by atoms with van der Waals surface area (Å²) < 4.78 is 6.28. The minimum atomic E-state index is -0.358. The van der Waals surface area contributed by atoms with Crippen LogP contribution in [-0.4, -0.2) is 51.9 Å². The van der Waals surface area contributed by atoms with Gasteiger partial charge in [-0.25, -0.2) is 4.98 Å². The number of thiophene rings is 1. The molecule has 1 N–H and O–H groups in total. The van der Waals surface area contributed by atoms with E-state index in [4.69, 9.17) is 16.0 Å². The van der Waals surface area contributed by atoms with Crippen molar-refractivity contribution in [3.8, 4) is 0 Å². The Hall–Kier alpha value is -2.16. The first-order chi connectivity index (χ1) is 12.5. The van der Waals surface area contributed by atoms with E-state index in [1.165, 1.54) is 11.2 Å². The lowest BCUT2D eigenvalue weighted by Gasteiger charge is -2.34. The zero-order valence-electron chi connectivity index (χ0n) is 14.1. The molecule has 1 aliphatic rings. The number of rotatable bonds is 3. The molecule has 3 aromatic rings. The van der Waals surface area contributed by atoms with Gasteiger partial charge in [-0.1, -0.05) is 11.6 Å². The van der Waals surface area contributed by atoms with Crippen molar-refractivity contribution in [2.45, 2.75) is 13.5 Å². The Morgan fingerprint density at radius 1 is 1.35 bits per heavy atom. The molecule has 1 saturated heterocycles. The van der Waals surface area contributed by atoms with Crippen LogP contribution in [0.3, 0.4) is 0 Å². The number of carbonyl (C=O) groups is 1. The zero-order chi connectivity index (χ0) is 18.3. The summed E-state index contributed by atoms with van der Waals surface area (Å²) in [5.41, 5.74) is 0.152. The summed E-state index contributed by atoms with van der Waals surface area (Å²) in [6, 6.07) is 3.93. The van der Waals surface area contributed by atoms with Crippen molar-refractivity contribution in [3.05, 3.63) is 49.4 Å². The first kappa shape index (κ1) is 17.3. The van der Waals surface area contributed by atoms with E-state index in [9.17, 15) is 9.59 Å². The second-order valence-electron chi connectivity index (χ2n) is 6.22. The van der Waals surface area contributed by atoms with Gasteiger partial charge in [-0.3, -0.25) is 14.5 Å². The van der Waals surface area contributed by atoms with Crippen LogP contribution in [0.25, 0.3) is 11.1 Å². The van der Waals surface area contributed by atoms with Crippen molar-refractivity contribution in [2.75, 3.05) is 26.2 Å². The maximum Gasteiger partial charge on any atom is 0.262 e. The fourth-order valence-electron chi connectivity index (χ4n) is 3.24. The fourth-order valence-corrected chi connectivity index (χ4v) is 4.37. The number of hydrogen-bond donors (Lipinski definition) is 1. The lowest BCUT2D eigenvalue weighted by atomic mass is 10.1. The number of carbonyl (C=O) groups excluding carboxylic acids is 1. The van der Waals surface area contributed by atoms with Crippen molar-refractivity contribution in [3.63, 3.8) is 0 Å². The van der Waals surface area contributed by atoms with E-state index in [2.05, 4.69) is 14.9 Å². The van der Waals surface area contributed by atoms with Crippen LogP contribution in [0.2, 0.25) is 4.34 Å². The minimum Gasteiger partial charge on any atom is -0.442 e. The summed E-state index contributed by atoms with van der Waals surface area (Å²) in [4.78, 5) is 36.9. The Bertz CT molecular complexity index is 1020. The molecule has 136 valence electrons. The van der Waals surface area contributed by atoms with Crippen molar-refractivity contribution < 1.29 is 9.21 Å². The monoisotopic (exact) mass is 392 g/mol. The molecular weight excluding hydrogens is 376 g/mol. The summed E-state index contributed by atoms with van der Waals surface area (Å²) in [7, 11) is 0. The van der Waals surface area contributed by atoms with Crippen LogP contribution < -0.4 is 5.56 Å². The van der Waals surface area contributed by atoms with E-state index < -0.39 is 0 Å². The quantitative estimate of drug-likeness (QED) is 0.740. The molecule has 7 nitrogen and oxygen atoms in total. The maximum absolute atomic E-state index is 13.0. The van der Waals surface area contributed by atoms with Crippen molar-refractivity contribution >= 4 is 39.9 Å². The predicted octanol–water partition coefficient (Wildman–Crippen LogP) is 2.50. The van der Waals surface area contributed by atoms with E-state index >= 15 is 0 Å². The molecule has 1 fully saturated rings. The highest BCUT2D eigenvalue weighted by atomic mass is 35.5. The average molecular weight is 393 g/mol. The van der Waals surface area contributed by atoms with Gasteiger partial charge in [0.1, 0.15) is 11.1 Å². The molecule has 9 heteroatoms. The van der Waals surface area contributed by atoms with Crippen molar-refractivity contribution in [1.29, 1.82) is 0 Å². The molecule has 4 rings (SSSR count). The number of fused-ring (bicyclic) bond motifs is 1. The van der Waals surface area contributed by atoms with Crippen molar-refractivity contribution in [1.82, 2.24) is 19.8 Å². The summed E-state index contributed by atoms with van der Waals surface area (Å²) in [6.45, 7) is 5.25. The van der Waals surface area contributed by atoms with Crippen LogP contribution >= 0.6 is 22.9 Å². The standard InChI is InChI=1S/C17H17ClN4O3S/c1-10-13(14-15(23)19-9-20-16(14)25-10)17(24)22-6-4-21(5-7-22)8-11-2-3-12(18)26-11/h2-3,9H,4-8H2,1H3,(H,19,20,23). The van der Waals surface area contributed by atoms with Crippen LogP contribution in [-0.2, 0) is 6.54 Å². The molecule has 0 bridgehead atoms. The Labute approximate surface area is 158 Å². The molecule has 3 aromatic heterocycles. The number of nitrogens with one attached hydrogen (secondary N) is 1. The topological polar surface area (TPSA) is 82.4 Å². The third-order valence-electron chi connectivity index (χ3n) is 4.55. The fraction of sp³-hybridized carbons (Fsp3) is 0.353. The Morgan fingerprint density at radius 2 is 2.12 bits per heavy atom. The van der Waals surface area contributed by atoms with Crippen LogP contribution in [0.15, 0.2) is 27.7 Å². The molecule has 0 spiro atoms. The number of amides is 1. The average Bonchev–Trinajstić information content (AvgIpc) is 3.18.